The van der Waals surface area contributed by atoms with Crippen LogP contribution in [0.1, 0.15) is 34.6 Å². The average Bonchev–Trinajstić information content (AvgIpc) is 2.01. The van der Waals surface area contributed by atoms with Crippen LogP contribution in [0.4, 0.5) is 4.79 Å². The van der Waals surface area contributed by atoms with Crippen LogP contribution in [0.5, 0.6) is 0 Å². The number of amides is 1. The molecule has 0 spiro atoms. The summed E-state index contributed by atoms with van der Waals surface area (Å²) in [6.45, 7) is 10.1. The number of hydrogen-bond donors (Lipinski definition) is 1. The van der Waals surface area contributed by atoms with Gasteiger partial charge in [0.05, 0.1) is 0 Å². The van der Waals surface area contributed by atoms with E-state index in [-0.39, 0.29) is 12.1 Å². The van der Waals surface area contributed by atoms with E-state index in [1.165, 1.54) is 0 Å². The van der Waals surface area contributed by atoms with Gasteiger partial charge in [-0.15, -0.1) is 0 Å². The van der Waals surface area contributed by atoms with E-state index in [2.05, 4.69) is 0 Å². The van der Waals surface area contributed by atoms with Crippen molar-refractivity contribution in [2.45, 2.75) is 46.3 Å². The number of nitrogens with zero attached hydrogens (tertiary/aromatic N) is 1. The Bertz CT molecular complexity index is 209. The fourth-order valence-electron chi connectivity index (χ4n) is 1.35. The van der Waals surface area contributed by atoms with Crippen LogP contribution in [-0.2, 0) is 4.74 Å². The van der Waals surface area contributed by atoms with Crippen LogP contribution < -0.4 is 5.73 Å². The maximum atomic E-state index is 11.7. The summed E-state index contributed by atoms with van der Waals surface area (Å²) in [6, 6.07) is 0.0276. The van der Waals surface area contributed by atoms with E-state index >= 15 is 0 Å². The predicted octanol–water partition coefficient (Wildman–Crippen LogP) is 1.84. The van der Waals surface area contributed by atoms with E-state index in [4.69, 9.17) is 10.5 Å². The Balaban J connectivity index is 4.42. The highest BCUT2D eigenvalue weighted by Crippen LogP contribution is 2.13. The Kier molecular flexibility index (Phi) is 5.08. The summed E-state index contributed by atoms with van der Waals surface area (Å²) in [6.07, 6.45) is -0.313. The summed E-state index contributed by atoms with van der Waals surface area (Å²) in [4.78, 5) is 13.3. The summed E-state index contributed by atoms with van der Waals surface area (Å²) in [5.41, 5.74) is 5.17. The molecule has 0 radical (unpaired) electrons. The van der Waals surface area contributed by atoms with Gasteiger partial charge in [-0.05, 0) is 26.7 Å². The second-order valence-electron chi connectivity index (χ2n) is 5.14. The Morgan fingerprint density at radius 2 is 1.87 bits per heavy atom. The molecule has 0 fully saturated rings. The van der Waals surface area contributed by atoms with Gasteiger partial charge >= 0.3 is 6.09 Å². The van der Waals surface area contributed by atoms with Crippen molar-refractivity contribution in [1.29, 1.82) is 0 Å². The van der Waals surface area contributed by atoms with Crippen molar-refractivity contribution in [1.82, 2.24) is 4.90 Å². The molecule has 0 aromatic heterocycles. The smallest absolute Gasteiger partial charge is 0.410 e. The standard InChI is InChI=1S/C11H24N2O2/c1-8(2)9(7-12)13(6)10(14)15-11(3,4)5/h8-9H,7,12H2,1-6H3. The summed E-state index contributed by atoms with van der Waals surface area (Å²) in [5, 5.41) is 0. The fraction of sp³-hybridized carbons (Fsp3) is 0.909. The maximum absolute atomic E-state index is 11.7. The molecule has 1 amide bonds. The zero-order chi connectivity index (χ0) is 12.2. The van der Waals surface area contributed by atoms with E-state index < -0.39 is 5.60 Å². The van der Waals surface area contributed by atoms with Gasteiger partial charge in [0, 0.05) is 19.6 Å². The second-order valence-corrected chi connectivity index (χ2v) is 5.14. The quantitative estimate of drug-likeness (QED) is 0.783. The molecule has 0 aromatic rings. The molecule has 15 heavy (non-hydrogen) atoms. The van der Waals surface area contributed by atoms with Crippen molar-refractivity contribution in [2.75, 3.05) is 13.6 Å². The number of carbonyl (C=O) groups is 1. The molecule has 1 atom stereocenters. The lowest BCUT2D eigenvalue weighted by molar-refractivity contribution is 0.0188. The van der Waals surface area contributed by atoms with Gasteiger partial charge < -0.3 is 15.4 Å². The Hall–Kier alpha value is -0.770. The van der Waals surface area contributed by atoms with E-state index in [1.54, 1.807) is 11.9 Å². The van der Waals surface area contributed by atoms with Crippen LogP contribution in [0.15, 0.2) is 0 Å². The number of ether oxygens (including phenoxy) is 1. The normalized spacial score (nSPS) is 13.9. The van der Waals surface area contributed by atoms with Crippen molar-refractivity contribution < 1.29 is 9.53 Å². The number of rotatable bonds is 3. The molecule has 0 aliphatic carbocycles. The van der Waals surface area contributed by atoms with Gasteiger partial charge in [0.25, 0.3) is 0 Å². The summed E-state index contributed by atoms with van der Waals surface area (Å²) >= 11 is 0. The zero-order valence-corrected chi connectivity index (χ0v) is 10.7. The van der Waals surface area contributed by atoms with Crippen LogP contribution >= 0.6 is 0 Å². The molecule has 4 heteroatoms. The molecule has 0 heterocycles. The predicted molar refractivity (Wildman–Crippen MR) is 61.7 cm³/mol. The van der Waals surface area contributed by atoms with Crippen molar-refractivity contribution in [3.05, 3.63) is 0 Å². The molecule has 0 bridgehead atoms. The molecule has 90 valence electrons. The van der Waals surface area contributed by atoms with Gasteiger partial charge in [0.2, 0.25) is 0 Å². The monoisotopic (exact) mass is 216 g/mol. The summed E-state index contributed by atoms with van der Waals surface area (Å²) in [5.74, 6) is 0.326. The largest absolute Gasteiger partial charge is 0.444 e. The SMILES string of the molecule is CC(C)C(CN)N(C)C(=O)OC(C)(C)C. The third kappa shape index (κ3) is 5.02. The van der Waals surface area contributed by atoms with Gasteiger partial charge in [-0.25, -0.2) is 4.79 Å². The molecular formula is C11H24N2O2. The van der Waals surface area contributed by atoms with Crippen molar-refractivity contribution >= 4 is 6.09 Å². The fourth-order valence-corrected chi connectivity index (χ4v) is 1.35. The van der Waals surface area contributed by atoms with Crippen LogP contribution in [-0.4, -0.2) is 36.2 Å². The van der Waals surface area contributed by atoms with E-state index in [0.717, 1.165) is 0 Å². The zero-order valence-electron chi connectivity index (χ0n) is 10.7. The molecule has 1 unspecified atom stereocenters. The summed E-state index contributed by atoms with van der Waals surface area (Å²) in [7, 11) is 1.73. The maximum Gasteiger partial charge on any atom is 0.410 e. The minimum Gasteiger partial charge on any atom is -0.444 e. The van der Waals surface area contributed by atoms with Gasteiger partial charge in [-0.3, -0.25) is 0 Å². The van der Waals surface area contributed by atoms with Crippen LogP contribution in [0, 0.1) is 5.92 Å². The van der Waals surface area contributed by atoms with Crippen LogP contribution in [0.25, 0.3) is 0 Å². The van der Waals surface area contributed by atoms with E-state index in [1.807, 2.05) is 34.6 Å². The van der Waals surface area contributed by atoms with E-state index in [9.17, 15) is 4.79 Å². The van der Waals surface area contributed by atoms with Crippen LogP contribution in [0.3, 0.4) is 0 Å². The molecule has 0 saturated heterocycles. The average molecular weight is 216 g/mol. The van der Waals surface area contributed by atoms with Crippen molar-refractivity contribution in [2.24, 2.45) is 11.7 Å². The number of hydrogen-bond acceptors (Lipinski definition) is 3. The molecule has 0 rings (SSSR count). The van der Waals surface area contributed by atoms with Crippen molar-refractivity contribution in [3.63, 3.8) is 0 Å². The lowest BCUT2D eigenvalue weighted by Crippen LogP contribution is -2.46. The first-order chi connectivity index (χ1) is 6.69. The second kappa shape index (κ2) is 5.35. The lowest BCUT2D eigenvalue weighted by atomic mass is 10.0. The topological polar surface area (TPSA) is 55.6 Å². The first-order valence-electron chi connectivity index (χ1n) is 5.35. The van der Waals surface area contributed by atoms with E-state index in [0.29, 0.717) is 12.5 Å². The van der Waals surface area contributed by atoms with Crippen molar-refractivity contribution in [3.8, 4) is 0 Å². The van der Waals surface area contributed by atoms with Crippen LogP contribution in [0.2, 0.25) is 0 Å². The molecular weight excluding hydrogens is 192 g/mol. The third-order valence-electron chi connectivity index (χ3n) is 2.19. The first-order valence-corrected chi connectivity index (χ1v) is 5.35. The Labute approximate surface area is 92.8 Å². The molecule has 0 saturated carbocycles. The highest BCUT2D eigenvalue weighted by Gasteiger charge is 2.26. The van der Waals surface area contributed by atoms with Gasteiger partial charge in [0.15, 0.2) is 0 Å². The highest BCUT2D eigenvalue weighted by atomic mass is 16.6. The number of nitrogens with two attached hydrogens (primary N) is 1. The number of likely N-dealkylation sites (N-methyl/N-ethyl adjacent to an activating group) is 1. The highest BCUT2D eigenvalue weighted by molar-refractivity contribution is 5.68. The summed E-state index contributed by atoms with van der Waals surface area (Å²) < 4.78 is 5.26. The molecule has 0 aliphatic rings. The Morgan fingerprint density at radius 3 is 2.13 bits per heavy atom. The number of carbonyl (C=O) groups excluding carboxylic acids is 1. The molecule has 0 aromatic carbocycles. The Morgan fingerprint density at radius 1 is 1.40 bits per heavy atom. The first kappa shape index (κ1) is 14.2. The van der Waals surface area contributed by atoms with Gasteiger partial charge in [0.1, 0.15) is 5.60 Å². The molecule has 0 aliphatic heterocycles. The lowest BCUT2D eigenvalue weighted by Gasteiger charge is -2.32. The molecule has 4 nitrogen and oxygen atoms in total. The minimum absolute atomic E-state index is 0.0276. The molecule has 2 N–H and O–H groups in total. The van der Waals surface area contributed by atoms with Gasteiger partial charge in [-0.2, -0.15) is 0 Å². The third-order valence-corrected chi connectivity index (χ3v) is 2.19. The van der Waals surface area contributed by atoms with Gasteiger partial charge in [-0.1, -0.05) is 13.8 Å². The minimum atomic E-state index is -0.457.